The van der Waals surface area contributed by atoms with Crippen molar-refractivity contribution in [2.45, 2.75) is 26.3 Å². The number of ketones is 1. The van der Waals surface area contributed by atoms with Crippen LogP contribution in [0.3, 0.4) is 0 Å². The van der Waals surface area contributed by atoms with Crippen LogP contribution in [0.5, 0.6) is 5.75 Å². The van der Waals surface area contributed by atoms with E-state index in [4.69, 9.17) is 4.18 Å². The van der Waals surface area contributed by atoms with Gasteiger partial charge in [-0.05, 0) is 6.07 Å². The number of para-hydroxylation sites is 1. The third kappa shape index (κ3) is 2.70. The highest BCUT2D eigenvalue weighted by atomic mass is 32.2. The van der Waals surface area contributed by atoms with Crippen molar-refractivity contribution in [1.29, 1.82) is 0 Å². The maximum absolute atomic E-state index is 11.8. The molecule has 1 aliphatic heterocycles. The van der Waals surface area contributed by atoms with Gasteiger partial charge in [0.2, 0.25) is 0 Å². The maximum atomic E-state index is 11.8. The molecule has 18 heavy (non-hydrogen) atoms. The van der Waals surface area contributed by atoms with E-state index in [1.165, 1.54) is 0 Å². The zero-order valence-corrected chi connectivity index (χ0v) is 11.0. The normalized spacial score (nSPS) is 21.2. The molecule has 0 saturated heterocycles. The van der Waals surface area contributed by atoms with E-state index in [1.807, 2.05) is 0 Å². The fourth-order valence-electron chi connectivity index (χ4n) is 1.81. The van der Waals surface area contributed by atoms with Crippen LogP contribution in [-0.4, -0.2) is 14.2 Å². The third-order valence-corrected chi connectivity index (χ3v) is 3.80. The molecule has 1 aliphatic rings. The molecule has 0 spiro atoms. The predicted octanol–water partition coefficient (Wildman–Crippen LogP) is 1.57. The van der Waals surface area contributed by atoms with Crippen molar-refractivity contribution in [1.82, 2.24) is 4.72 Å². The first-order valence-corrected chi connectivity index (χ1v) is 7.13. The fraction of sp³-hybridized carbons (Fsp3) is 0.417. The van der Waals surface area contributed by atoms with E-state index >= 15 is 0 Å². The Balaban J connectivity index is 2.33. The molecule has 1 aromatic rings. The number of hydrogen-bond donors (Lipinski definition) is 1. The van der Waals surface area contributed by atoms with Crippen LogP contribution in [0.4, 0.5) is 0 Å². The Labute approximate surface area is 106 Å². The van der Waals surface area contributed by atoms with E-state index in [-0.39, 0.29) is 23.9 Å². The van der Waals surface area contributed by atoms with Crippen molar-refractivity contribution < 1.29 is 17.4 Å². The van der Waals surface area contributed by atoms with E-state index in [9.17, 15) is 13.2 Å². The standard InChI is InChI=1S/C12H15NO4S/c1-8(2)11(14)7-10-9-5-3-4-6-12(9)17-18(15,16)13-10/h3-6,8,10,13H,7H2,1-2H3/t10-/m0/s1. The zero-order chi connectivity index (χ0) is 13.3. The van der Waals surface area contributed by atoms with Gasteiger partial charge in [-0.15, -0.1) is 0 Å². The quantitative estimate of drug-likeness (QED) is 0.904. The number of benzene rings is 1. The summed E-state index contributed by atoms with van der Waals surface area (Å²) in [5.74, 6) is 0.182. The number of hydrogen-bond acceptors (Lipinski definition) is 4. The van der Waals surface area contributed by atoms with Gasteiger partial charge in [0, 0.05) is 17.9 Å². The molecule has 1 heterocycles. The van der Waals surface area contributed by atoms with E-state index in [1.54, 1.807) is 38.1 Å². The summed E-state index contributed by atoms with van der Waals surface area (Å²) < 4.78 is 30.3. The number of fused-ring (bicyclic) bond motifs is 1. The van der Waals surface area contributed by atoms with Gasteiger partial charge < -0.3 is 4.18 Å². The third-order valence-electron chi connectivity index (χ3n) is 2.83. The second-order valence-corrected chi connectivity index (χ2v) is 5.88. The molecule has 0 saturated carbocycles. The Morgan fingerprint density at radius 1 is 1.39 bits per heavy atom. The van der Waals surface area contributed by atoms with E-state index < -0.39 is 16.3 Å². The first kappa shape index (κ1) is 13.0. The molecule has 0 bridgehead atoms. The van der Waals surface area contributed by atoms with E-state index in [0.717, 1.165) is 0 Å². The monoisotopic (exact) mass is 269 g/mol. The lowest BCUT2D eigenvalue weighted by Crippen LogP contribution is -2.38. The molecule has 6 heteroatoms. The zero-order valence-electron chi connectivity index (χ0n) is 10.2. The molecule has 5 nitrogen and oxygen atoms in total. The van der Waals surface area contributed by atoms with Crippen LogP contribution >= 0.6 is 0 Å². The first-order chi connectivity index (χ1) is 8.39. The molecule has 0 unspecified atom stereocenters. The summed E-state index contributed by atoms with van der Waals surface area (Å²) >= 11 is 0. The second kappa shape index (κ2) is 4.70. The lowest BCUT2D eigenvalue weighted by Gasteiger charge is -2.26. The molecule has 1 atom stereocenters. The van der Waals surface area contributed by atoms with Crippen molar-refractivity contribution >= 4 is 16.1 Å². The van der Waals surface area contributed by atoms with Crippen molar-refractivity contribution in [3.63, 3.8) is 0 Å². The molecule has 0 fully saturated rings. The van der Waals surface area contributed by atoms with Crippen LogP contribution < -0.4 is 8.91 Å². The predicted molar refractivity (Wildman–Crippen MR) is 66.3 cm³/mol. The summed E-state index contributed by atoms with van der Waals surface area (Å²) in [7, 11) is -3.82. The molecule has 0 aromatic heterocycles. The van der Waals surface area contributed by atoms with Gasteiger partial charge in [-0.2, -0.15) is 13.1 Å². The van der Waals surface area contributed by atoms with Crippen LogP contribution in [-0.2, 0) is 15.1 Å². The minimum absolute atomic E-state index is 0.0133. The van der Waals surface area contributed by atoms with Crippen LogP contribution in [0.15, 0.2) is 24.3 Å². The Morgan fingerprint density at radius 3 is 2.72 bits per heavy atom. The van der Waals surface area contributed by atoms with Gasteiger partial charge in [0.1, 0.15) is 11.5 Å². The Kier molecular flexibility index (Phi) is 3.41. The largest absolute Gasteiger partial charge is 0.383 e. The van der Waals surface area contributed by atoms with E-state index in [0.29, 0.717) is 5.56 Å². The highest BCUT2D eigenvalue weighted by Crippen LogP contribution is 2.33. The number of Topliss-reactive ketones (excluding diaryl/α,β-unsaturated/α-hetero) is 1. The molecule has 0 amide bonds. The average molecular weight is 269 g/mol. The highest BCUT2D eigenvalue weighted by Gasteiger charge is 2.31. The van der Waals surface area contributed by atoms with Crippen LogP contribution in [0.25, 0.3) is 0 Å². The van der Waals surface area contributed by atoms with Gasteiger partial charge >= 0.3 is 10.3 Å². The second-order valence-electron chi connectivity index (χ2n) is 4.57. The number of rotatable bonds is 3. The van der Waals surface area contributed by atoms with Gasteiger partial charge in [0.25, 0.3) is 0 Å². The van der Waals surface area contributed by atoms with Gasteiger partial charge in [-0.1, -0.05) is 32.0 Å². The Morgan fingerprint density at radius 2 is 2.06 bits per heavy atom. The van der Waals surface area contributed by atoms with Gasteiger partial charge in [0.05, 0.1) is 6.04 Å². The molecule has 2 rings (SSSR count). The first-order valence-electron chi connectivity index (χ1n) is 5.72. The summed E-state index contributed by atoms with van der Waals surface area (Å²) in [5.41, 5.74) is 0.696. The van der Waals surface area contributed by atoms with Crippen molar-refractivity contribution in [2.75, 3.05) is 0 Å². The summed E-state index contributed by atoms with van der Waals surface area (Å²) in [6.07, 6.45) is 0.136. The molecule has 1 aromatic carbocycles. The van der Waals surface area contributed by atoms with E-state index in [2.05, 4.69) is 4.72 Å². The number of carbonyl (C=O) groups is 1. The molecule has 98 valence electrons. The number of carbonyl (C=O) groups excluding carboxylic acids is 1. The van der Waals surface area contributed by atoms with Gasteiger partial charge in [-0.25, -0.2) is 0 Å². The fourth-order valence-corrected chi connectivity index (χ4v) is 2.81. The highest BCUT2D eigenvalue weighted by molar-refractivity contribution is 7.85. The van der Waals surface area contributed by atoms with Crippen molar-refractivity contribution in [3.8, 4) is 5.75 Å². The smallest absolute Gasteiger partial charge is 0.371 e. The van der Waals surface area contributed by atoms with Crippen LogP contribution in [0, 0.1) is 5.92 Å². The lowest BCUT2D eigenvalue weighted by molar-refractivity contribution is -0.122. The molecular formula is C12H15NO4S. The summed E-state index contributed by atoms with van der Waals surface area (Å²) in [6, 6.07) is 6.28. The van der Waals surface area contributed by atoms with Crippen LogP contribution in [0.1, 0.15) is 31.9 Å². The minimum atomic E-state index is -3.82. The minimum Gasteiger partial charge on any atom is -0.371 e. The molecule has 0 radical (unpaired) electrons. The Bertz CT molecular complexity index is 565. The van der Waals surface area contributed by atoms with Gasteiger partial charge in [-0.3, -0.25) is 4.79 Å². The van der Waals surface area contributed by atoms with Crippen LogP contribution in [0.2, 0.25) is 0 Å². The Hall–Kier alpha value is -1.40. The van der Waals surface area contributed by atoms with Crippen molar-refractivity contribution in [2.24, 2.45) is 5.92 Å². The lowest BCUT2D eigenvalue weighted by atomic mass is 9.96. The summed E-state index contributed by atoms with van der Waals surface area (Å²) in [4.78, 5) is 11.8. The number of nitrogens with one attached hydrogen (secondary N) is 1. The van der Waals surface area contributed by atoms with Gasteiger partial charge in [0.15, 0.2) is 0 Å². The topological polar surface area (TPSA) is 72.5 Å². The van der Waals surface area contributed by atoms with Crippen molar-refractivity contribution in [3.05, 3.63) is 29.8 Å². The summed E-state index contributed by atoms with van der Waals surface area (Å²) in [5, 5.41) is 0. The summed E-state index contributed by atoms with van der Waals surface area (Å²) in [6.45, 7) is 3.59. The molecule has 1 N–H and O–H groups in total. The SMILES string of the molecule is CC(C)C(=O)C[C@@H]1NS(=O)(=O)Oc2ccccc21. The average Bonchev–Trinajstić information content (AvgIpc) is 2.27. The molecule has 0 aliphatic carbocycles. The molecular weight excluding hydrogens is 254 g/mol. The maximum Gasteiger partial charge on any atom is 0.383 e.